The fourth-order valence-corrected chi connectivity index (χ4v) is 51.9. The zero-order chi connectivity index (χ0) is 29.8. The summed E-state index contributed by atoms with van der Waals surface area (Å²) in [5, 5.41) is 0. The summed E-state index contributed by atoms with van der Waals surface area (Å²) in [6.45, 7) is 19.4. The summed E-state index contributed by atoms with van der Waals surface area (Å²) in [5.41, 5.74) is 2.44. The minimum Gasteiger partial charge on any atom is -0.455 e. The van der Waals surface area contributed by atoms with Gasteiger partial charge in [0.1, 0.15) is 0 Å². The Morgan fingerprint density at radius 3 is 1.15 bits per heavy atom. The predicted molar refractivity (Wildman–Crippen MR) is 185 cm³/mol. The summed E-state index contributed by atoms with van der Waals surface area (Å²) < 4.78 is 23.8. The first kappa shape index (κ1) is 33.1. The lowest BCUT2D eigenvalue weighted by molar-refractivity contribution is 0.0350. The first-order valence-corrected chi connectivity index (χ1v) is 28.2. The van der Waals surface area contributed by atoms with Crippen molar-refractivity contribution in [2.24, 2.45) is 0 Å². The molecular weight excluding hydrogens is 569 g/mol. The molecule has 2 heterocycles. The van der Waals surface area contributed by atoms with Crippen molar-refractivity contribution in [3.05, 3.63) is 71.8 Å². The quantitative estimate of drug-likeness (QED) is 0.219. The van der Waals surface area contributed by atoms with Gasteiger partial charge in [-0.3, -0.25) is 0 Å². The summed E-state index contributed by atoms with van der Waals surface area (Å²) in [6.07, 6.45) is 4.29. The first-order valence-electron chi connectivity index (χ1n) is 16.9. The Labute approximate surface area is 255 Å². The van der Waals surface area contributed by atoms with E-state index in [1.807, 2.05) is 0 Å². The predicted octanol–water partition coefficient (Wildman–Crippen LogP) is 10.5. The highest BCUT2D eigenvalue weighted by molar-refractivity contribution is 7.45. The fraction of sp³-hybridized carbons (Fsp3) is 0.647. The van der Waals surface area contributed by atoms with Crippen molar-refractivity contribution in [2.75, 3.05) is 0 Å². The molecule has 3 nitrogen and oxygen atoms in total. The molecule has 0 aliphatic carbocycles. The lowest BCUT2D eigenvalue weighted by atomic mass is 9.89. The van der Waals surface area contributed by atoms with Crippen molar-refractivity contribution in [1.29, 1.82) is 0 Å². The van der Waals surface area contributed by atoms with E-state index >= 15 is 0 Å². The van der Waals surface area contributed by atoms with Crippen molar-refractivity contribution < 1.29 is 13.0 Å². The molecule has 7 heteroatoms. The van der Waals surface area contributed by atoms with Crippen LogP contribution in [-0.4, -0.2) is 31.3 Å². The van der Waals surface area contributed by atoms with E-state index in [-0.39, 0.29) is 11.2 Å². The van der Waals surface area contributed by atoms with Crippen molar-refractivity contribution in [2.45, 2.75) is 141 Å². The van der Waals surface area contributed by atoms with Gasteiger partial charge in [0, 0.05) is 0 Å². The highest BCUT2D eigenvalue weighted by atomic mass is 29.3. The summed E-state index contributed by atoms with van der Waals surface area (Å²) in [4.78, 5) is 0. The molecule has 0 amide bonds. The lowest BCUT2D eigenvalue weighted by Crippen LogP contribution is -2.79. The minimum absolute atomic E-state index is 0.159. The summed E-state index contributed by atoms with van der Waals surface area (Å²) in [7, 11) is -8.71. The van der Waals surface area contributed by atoms with Gasteiger partial charge < -0.3 is 13.0 Å². The van der Waals surface area contributed by atoms with E-state index in [9.17, 15) is 0 Å². The Kier molecular flexibility index (Phi) is 10.5. The molecule has 2 aromatic rings. The van der Waals surface area contributed by atoms with E-state index in [4.69, 9.17) is 13.0 Å². The SMILES string of the molecule is CCC1(c2ccccc2)CC[Si](CC)(O[Si]2(CC)CCC(CC)(c3ccccc3)O[Si]2(CC)CC)[Si](CC)(CC)O1. The van der Waals surface area contributed by atoms with Gasteiger partial charge in [-0.05, 0) is 85.2 Å². The number of hydrogen-bond donors (Lipinski definition) is 0. The molecule has 0 radical (unpaired) electrons. The fourth-order valence-electron chi connectivity index (χ4n) is 8.98. The molecule has 4 atom stereocenters. The van der Waals surface area contributed by atoms with Crippen LogP contribution in [-0.2, 0) is 24.2 Å². The molecule has 2 aliphatic heterocycles. The third-order valence-corrected chi connectivity index (χ3v) is 49.1. The van der Waals surface area contributed by atoms with E-state index in [2.05, 4.69) is 116 Å². The molecule has 2 aliphatic rings. The monoisotopic (exact) mass is 626 g/mol. The Hall–Kier alpha value is -0.812. The first-order chi connectivity index (χ1) is 19.7. The number of rotatable bonds is 12. The van der Waals surface area contributed by atoms with Crippen LogP contribution >= 0.6 is 0 Å². The molecule has 41 heavy (non-hydrogen) atoms. The van der Waals surface area contributed by atoms with Crippen molar-refractivity contribution in [1.82, 2.24) is 0 Å². The standard InChI is InChI=1S/C34H58O3Si4/c1-9-33(31-23-19-17-20-24-31)27-29-40(15-7,38(11-3,12-4)35-33)37-41(16-8)30-28-34(10-2,32-25-21-18-22-26-32)36-39(41,13-5)14-6/h17-26H,9-16,27-30H2,1-8H3. The summed E-state index contributed by atoms with van der Waals surface area (Å²) in [6, 6.07) is 31.9. The van der Waals surface area contributed by atoms with Crippen LogP contribution in [0.5, 0.6) is 0 Å². The molecule has 0 saturated carbocycles. The molecule has 2 fully saturated rings. The molecule has 4 unspecified atom stereocenters. The molecule has 4 rings (SSSR count). The van der Waals surface area contributed by atoms with Crippen molar-refractivity contribution >= 4 is 31.3 Å². The van der Waals surface area contributed by atoms with E-state index in [1.165, 1.54) is 59.5 Å². The second kappa shape index (κ2) is 13.0. The Morgan fingerprint density at radius 1 is 0.537 bits per heavy atom. The van der Waals surface area contributed by atoms with Crippen LogP contribution < -0.4 is 0 Å². The van der Waals surface area contributed by atoms with Crippen LogP contribution in [0, 0.1) is 0 Å². The van der Waals surface area contributed by atoms with Gasteiger partial charge in [-0.1, -0.05) is 116 Å². The third-order valence-electron chi connectivity index (χ3n) is 11.9. The molecular formula is C34H58O3Si4. The van der Waals surface area contributed by atoms with Crippen LogP contribution in [0.25, 0.3) is 0 Å². The maximum atomic E-state index is 8.30. The minimum atomic E-state index is -2.18. The van der Waals surface area contributed by atoms with Crippen LogP contribution in [0.3, 0.4) is 0 Å². The highest BCUT2D eigenvalue weighted by Gasteiger charge is 2.69. The maximum absolute atomic E-state index is 8.30. The molecule has 2 aromatic carbocycles. The smallest absolute Gasteiger partial charge is 0.211 e. The normalized spacial score (nSPS) is 33.0. The molecule has 0 spiro atoms. The van der Waals surface area contributed by atoms with Crippen molar-refractivity contribution in [3.63, 3.8) is 0 Å². The Bertz CT molecular complexity index is 1020. The van der Waals surface area contributed by atoms with E-state index in [0.717, 1.165) is 25.7 Å². The maximum Gasteiger partial charge on any atom is 0.211 e. The Morgan fingerprint density at radius 2 is 0.878 bits per heavy atom. The molecule has 228 valence electrons. The largest absolute Gasteiger partial charge is 0.455 e. The number of hydrogen-bond acceptors (Lipinski definition) is 3. The molecule has 0 bridgehead atoms. The highest BCUT2D eigenvalue weighted by Crippen LogP contribution is 2.56. The van der Waals surface area contributed by atoms with Crippen LogP contribution in [0.4, 0.5) is 0 Å². The van der Waals surface area contributed by atoms with Crippen LogP contribution in [0.15, 0.2) is 60.7 Å². The third kappa shape index (κ3) is 5.29. The van der Waals surface area contributed by atoms with E-state index in [1.54, 1.807) is 0 Å². The van der Waals surface area contributed by atoms with E-state index < -0.39 is 31.3 Å². The van der Waals surface area contributed by atoms with Gasteiger partial charge in [0.2, 0.25) is 15.7 Å². The van der Waals surface area contributed by atoms with Gasteiger partial charge in [0.05, 0.1) is 11.2 Å². The average molecular weight is 627 g/mol. The Balaban J connectivity index is 1.80. The second-order valence-corrected chi connectivity index (χ2v) is 38.2. The van der Waals surface area contributed by atoms with Crippen molar-refractivity contribution in [3.8, 4) is 0 Å². The summed E-state index contributed by atoms with van der Waals surface area (Å²) >= 11 is 0. The van der Waals surface area contributed by atoms with Gasteiger partial charge in [-0.15, -0.1) is 0 Å². The zero-order valence-corrected chi connectivity index (χ0v) is 31.5. The molecule has 2 saturated heterocycles. The van der Waals surface area contributed by atoms with E-state index in [0.29, 0.717) is 0 Å². The number of benzene rings is 2. The molecule has 0 N–H and O–H groups in total. The van der Waals surface area contributed by atoms with Crippen LogP contribution in [0.1, 0.15) is 92.2 Å². The van der Waals surface area contributed by atoms with Gasteiger partial charge in [0.15, 0.2) is 15.7 Å². The van der Waals surface area contributed by atoms with Crippen LogP contribution in [0.2, 0.25) is 48.4 Å². The summed E-state index contributed by atoms with van der Waals surface area (Å²) in [5.74, 6) is 0. The zero-order valence-electron chi connectivity index (χ0n) is 27.5. The van der Waals surface area contributed by atoms with Gasteiger partial charge in [-0.25, -0.2) is 0 Å². The van der Waals surface area contributed by atoms with Gasteiger partial charge >= 0.3 is 0 Å². The van der Waals surface area contributed by atoms with Gasteiger partial charge in [0.25, 0.3) is 0 Å². The topological polar surface area (TPSA) is 27.7 Å². The van der Waals surface area contributed by atoms with Gasteiger partial charge in [-0.2, -0.15) is 0 Å². The lowest BCUT2D eigenvalue weighted by Gasteiger charge is -2.62. The molecule has 0 aromatic heterocycles. The second-order valence-electron chi connectivity index (χ2n) is 12.8. The average Bonchev–Trinajstić information content (AvgIpc) is 3.06.